The molecule has 42 heavy (non-hydrogen) atoms. The number of rotatable bonds is 4. The maximum absolute atomic E-state index is 14.4. The molecule has 8 rings (SSSR count). The summed E-state index contributed by atoms with van der Waals surface area (Å²) in [5.74, 6) is -4.17. The van der Waals surface area contributed by atoms with Crippen molar-refractivity contribution in [1.82, 2.24) is 5.43 Å². The highest BCUT2D eigenvalue weighted by Crippen LogP contribution is 2.63. The summed E-state index contributed by atoms with van der Waals surface area (Å²) >= 11 is 0. The van der Waals surface area contributed by atoms with Gasteiger partial charge in [0, 0.05) is 17.8 Å². The summed E-state index contributed by atoms with van der Waals surface area (Å²) in [5, 5.41) is 6.83. The monoisotopic (exact) mass is 554 g/mol. The Kier molecular flexibility index (Phi) is 5.86. The van der Waals surface area contributed by atoms with Gasteiger partial charge in [-0.1, -0.05) is 84.4 Å². The van der Waals surface area contributed by atoms with E-state index >= 15 is 0 Å². The molecule has 1 aliphatic heterocycles. The molecule has 1 heterocycles. The van der Waals surface area contributed by atoms with Gasteiger partial charge in [-0.15, -0.1) is 0 Å². The molecule has 4 amide bonds. The first-order valence-electron chi connectivity index (χ1n) is 13.8. The van der Waals surface area contributed by atoms with E-state index < -0.39 is 29.1 Å². The van der Waals surface area contributed by atoms with Gasteiger partial charge in [0.05, 0.1) is 22.9 Å². The SMILES string of the molecule is Cc1ccc(N2C(=O)[C@@H]3[C@@H](C2=O)C2c4ccccc4C3(/C=N\NC(=O)C(=O)Nc3ccccc3)c3ccccc32)cc1. The topological polar surface area (TPSA) is 108 Å². The molecule has 4 aliphatic rings. The van der Waals surface area contributed by atoms with Gasteiger partial charge in [0.1, 0.15) is 0 Å². The Morgan fingerprint density at radius 1 is 0.762 bits per heavy atom. The number of nitrogens with one attached hydrogen (secondary N) is 2. The van der Waals surface area contributed by atoms with E-state index in [1.54, 1.807) is 42.5 Å². The molecule has 206 valence electrons. The molecule has 1 fully saturated rings. The number of hydrogen-bond donors (Lipinski definition) is 2. The van der Waals surface area contributed by atoms with E-state index in [9.17, 15) is 19.2 Å². The summed E-state index contributed by atoms with van der Waals surface area (Å²) in [4.78, 5) is 55.1. The number of benzene rings is 4. The van der Waals surface area contributed by atoms with Gasteiger partial charge in [0.25, 0.3) is 0 Å². The highest BCUT2D eigenvalue weighted by molar-refractivity contribution is 6.39. The number of carbonyl (C=O) groups excluding carboxylic acids is 4. The van der Waals surface area contributed by atoms with E-state index in [4.69, 9.17) is 0 Å². The lowest BCUT2D eigenvalue weighted by atomic mass is 9.47. The quantitative estimate of drug-likeness (QED) is 0.170. The summed E-state index contributed by atoms with van der Waals surface area (Å²) < 4.78 is 0. The summed E-state index contributed by atoms with van der Waals surface area (Å²) in [5.41, 5.74) is 6.83. The number of para-hydroxylation sites is 1. The lowest BCUT2D eigenvalue weighted by molar-refractivity contribution is -0.136. The number of carbonyl (C=O) groups is 4. The van der Waals surface area contributed by atoms with Gasteiger partial charge >= 0.3 is 11.8 Å². The van der Waals surface area contributed by atoms with Gasteiger partial charge in [-0.3, -0.25) is 19.2 Å². The smallest absolute Gasteiger partial charge is 0.318 e. The van der Waals surface area contributed by atoms with Crippen molar-refractivity contribution in [2.75, 3.05) is 10.2 Å². The predicted octanol–water partition coefficient (Wildman–Crippen LogP) is 4.29. The van der Waals surface area contributed by atoms with Gasteiger partial charge in [0.15, 0.2) is 0 Å². The molecule has 8 nitrogen and oxygen atoms in total. The first-order valence-corrected chi connectivity index (χ1v) is 13.8. The van der Waals surface area contributed by atoms with E-state index in [-0.39, 0.29) is 17.7 Å². The van der Waals surface area contributed by atoms with E-state index in [1.165, 1.54) is 11.1 Å². The number of anilines is 2. The Morgan fingerprint density at radius 2 is 1.36 bits per heavy atom. The molecule has 2 N–H and O–H groups in total. The molecule has 0 saturated carbocycles. The molecular formula is C34H26N4O4. The van der Waals surface area contributed by atoms with Crippen molar-refractivity contribution < 1.29 is 19.2 Å². The fourth-order valence-electron chi connectivity index (χ4n) is 6.95. The maximum Gasteiger partial charge on any atom is 0.329 e. The van der Waals surface area contributed by atoms with Gasteiger partial charge in [0.2, 0.25) is 11.8 Å². The average Bonchev–Trinajstić information content (AvgIpc) is 3.28. The van der Waals surface area contributed by atoms with E-state index in [0.29, 0.717) is 11.4 Å². The van der Waals surface area contributed by atoms with Crippen LogP contribution in [0.2, 0.25) is 0 Å². The van der Waals surface area contributed by atoms with Crippen LogP contribution in [-0.4, -0.2) is 29.8 Å². The van der Waals surface area contributed by atoms with Crippen LogP contribution in [-0.2, 0) is 24.6 Å². The van der Waals surface area contributed by atoms with E-state index in [2.05, 4.69) is 15.8 Å². The fourth-order valence-corrected chi connectivity index (χ4v) is 6.95. The van der Waals surface area contributed by atoms with Crippen LogP contribution in [0.5, 0.6) is 0 Å². The fraction of sp³-hybridized carbons (Fsp3) is 0.147. The summed E-state index contributed by atoms with van der Waals surface area (Å²) in [7, 11) is 0. The van der Waals surface area contributed by atoms with Crippen molar-refractivity contribution >= 4 is 41.2 Å². The molecule has 0 aromatic heterocycles. The summed E-state index contributed by atoms with van der Waals surface area (Å²) in [6.45, 7) is 1.95. The molecule has 0 spiro atoms. The van der Waals surface area contributed by atoms with Crippen LogP contribution in [0.25, 0.3) is 0 Å². The maximum atomic E-state index is 14.4. The number of nitrogens with zero attached hydrogens (tertiary/aromatic N) is 2. The Bertz CT molecular complexity index is 1750. The second-order valence-electron chi connectivity index (χ2n) is 10.9. The second-order valence-corrected chi connectivity index (χ2v) is 10.9. The zero-order valence-electron chi connectivity index (χ0n) is 22.7. The van der Waals surface area contributed by atoms with Crippen LogP contribution in [0.3, 0.4) is 0 Å². The van der Waals surface area contributed by atoms with Crippen LogP contribution < -0.4 is 15.6 Å². The third-order valence-corrected chi connectivity index (χ3v) is 8.65. The molecule has 4 aromatic carbocycles. The van der Waals surface area contributed by atoms with Gasteiger partial charge in [-0.2, -0.15) is 5.10 Å². The lowest BCUT2D eigenvalue weighted by Gasteiger charge is -2.52. The van der Waals surface area contributed by atoms with Gasteiger partial charge in [-0.05, 0) is 53.4 Å². The van der Waals surface area contributed by atoms with Crippen LogP contribution in [0.15, 0.2) is 108 Å². The van der Waals surface area contributed by atoms with Gasteiger partial charge < -0.3 is 5.32 Å². The number of amides is 4. The molecule has 8 heteroatoms. The molecule has 3 aliphatic carbocycles. The number of hydrazone groups is 1. The van der Waals surface area contributed by atoms with Crippen molar-refractivity contribution in [3.63, 3.8) is 0 Å². The first-order chi connectivity index (χ1) is 20.4. The zero-order valence-corrected chi connectivity index (χ0v) is 22.7. The lowest BCUT2D eigenvalue weighted by Crippen LogP contribution is -2.54. The summed E-state index contributed by atoms with van der Waals surface area (Å²) in [6, 6.07) is 31.5. The highest BCUT2D eigenvalue weighted by atomic mass is 16.2. The van der Waals surface area contributed by atoms with Crippen LogP contribution in [0.4, 0.5) is 11.4 Å². The number of aryl methyl sites for hydroxylation is 1. The second kappa shape index (κ2) is 9.62. The number of imide groups is 1. The van der Waals surface area contributed by atoms with Crippen molar-refractivity contribution in [2.45, 2.75) is 18.3 Å². The van der Waals surface area contributed by atoms with Gasteiger partial charge in [-0.25, -0.2) is 10.3 Å². The van der Waals surface area contributed by atoms with Crippen molar-refractivity contribution in [2.24, 2.45) is 16.9 Å². The molecule has 2 bridgehead atoms. The largest absolute Gasteiger partial charge is 0.329 e. The Morgan fingerprint density at radius 3 is 2.00 bits per heavy atom. The van der Waals surface area contributed by atoms with Crippen molar-refractivity contribution in [1.29, 1.82) is 0 Å². The molecule has 0 unspecified atom stereocenters. The standard InChI is InChI=1S/C34H26N4O4/c1-20-15-17-22(18-16-20)38-32(41)28-27-23-11-5-7-13-25(23)34(29(28)33(38)42,26-14-8-6-12-24(26)27)19-35-37-31(40)30(39)36-21-9-3-2-4-10-21/h2-19,27-29H,1H3,(H,36,39)(H,37,40)/b35-19-/t27?,28-,29-,34?/m0/s1. The third kappa shape index (κ3) is 3.65. The van der Waals surface area contributed by atoms with E-state index in [1.807, 2.05) is 67.6 Å². The van der Waals surface area contributed by atoms with Crippen molar-refractivity contribution in [3.05, 3.63) is 131 Å². The van der Waals surface area contributed by atoms with Crippen LogP contribution >= 0.6 is 0 Å². The molecular weight excluding hydrogens is 528 g/mol. The average molecular weight is 555 g/mol. The Hall–Kier alpha value is -5.37. The van der Waals surface area contributed by atoms with E-state index in [0.717, 1.165) is 27.8 Å². The van der Waals surface area contributed by atoms with Crippen molar-refractivity contribution in [3.8, 4) is 0 Å². The Labute approximate surface area is 242 Å². The predicted molar refractivity (Wildman–Crippen MR) is 158 cm³/mol. The van der Waals surface area contributed by atoms with Crippen LogP contribution in [0, 0.1) is 18.8 Å². The molecule has 4 aromatic rings. The minimum atomic E-state index is -1.15. The zero-order chi connectivity index (χ0) is 29.0. The minimum Gasteiger partial charge on any atom is -0.318 e. The third-order valence-electron chi connectivity index (χ3n) is 8.65. The molecule has 1 saturated heterocycles. The van der Waals surface area contributed by atoms with Crippen LogP contribution in [0.1, 0.15) is 33.7 Å². The minimum absolute atomic E-state index is 0.257. The number of hydrogen-bond acceptors (Lipinski definition) is 5. The normalized spacial score (nSPS) is 23.4. The highest BCUT2D eigenvalue weighted by Gasteiger charge is 2.68. The Balaban J connectivity index is 1.33. The summed E-state index contributed by atoms with van der Waals surface area (Å²) in [6.07, 6.45) is 1.54. The first kappa shape index (κ1) is 25.6. The molecule has 0 radical (unpaired) electrons. The molecule has 2 atom stereocenters.